The summed E-state index contributed by atoms with van der Waals surface area (Å²) in [5.41, 5.74) is 1.15. The van der Waals surface area contributed by atoms with Crippen LogP contribution in [0, 0.1) is 17.6 Å². The first-order valence-electron chi connectivity index (χ1n) is 10.1. The van der Waals surface area contributed by atoms with Crippen LogP contribution in [0.5, 0.6) is 0 Å². The number of piperidine rings is 1. The second-order valence-corrected chi connectivity index (χ2v) is 8.70. The number of benzene rings is 1. The minimum Gasteiger partial charge on any atom is -0.339 e. The summed E-state index contributed by atoms with van der Waals surface area (Å²) in [6.07, 6.45) is 2.92. The predicted molar refractivity (Wildman–Crippen MR) is 108 cm³/mol. The van der Waals surface area contributed by atoms with Crippen molar-refractivity contribution in [2.24, 2.45) is 5.92 Å². The predicted octanol–water partition coefficient (Wildman–Crippen LogP) is 4.41. The van der Waals surface area contributed by atoms with Crippen LogP contribution in [0.2, 0.25) is 0 Å². The molecule has 4 nitrogen and oxygen atoms in total. The molecule has 1 atom stereocenters. The van der Waals surface area contributed by atoms with Crippen LogP contribution in [0.4, 0.5) is 8.78 Å². The first kappa shape index (κ1) is 20.0. The molecule has 0 N–H and O–H groups in total. The van der Waals surface area contributed by atoms with Crippen LogP contribution in [0.1, 0.15) is 53.0 Å². The summed E-state index contributed by atoms with van der Waals surface area (Å²) < 4.78 is 27.0. The van der Waals surface area contributed by atoms with Crippen molar-refractivity contribution in [1.82, 2.24) is 9.80 Å². The van der Waals surface area contributed by atoms with Gasteiger partial charge in [0.25, 0.3) is 5.91 Å². The Morgan fingerprint density at radius 1 is 1.14 bits per heavy atom. The Hall–Kier alpha value is -2.28. The number of halogens is 2. The lowest BCUT2D eigenvalue weighted by atomic mass is 9.91. The lowest BCUT2D eigenvalue weighted by molar-refractivity contribution is -0.140. The topological polar surface area (TPSA) is 40.6 Å². The van der Waals surface area contributed by atoms with Gasteiger partial charge in [-0.25, -0.2) is 8.78 Å². The van der Waals surface area contributed by atoms with Gasteiger partial charge < -0.3 is 9.80 Å². The zero-order chi connectivity index (χ0) is 20.5. The Morgan fingerprint density at radius 2 is 1.90 bits per heavy atom. The number of hydrogen-bond acceptors (Lipinski definition) is 3. The fourth-order valence-electron chi connectivity index (χ4n) is 4.50. The minimum absolute atomic E-state index is 0.119. The smallest absolute Gasteiger partial charge is 0.256 e. The van der Waals surface area contributed by atoms with Crippen molar-refractivity contribution in [2.75, 3.05) is 19.6 Å². The molecule has 0 saturated carbocycles. The number of thiophene rings is 1. The van der Waals surface area contributed by atoms with Crippen LogP contribution in [-0.4, -0.2) is 41.2 Å². The van der Waals surface area contributed by atoms with Crippen LogP contribution in [0.25, 0.3) is 0 Å². The third-order valence-electron chi connectivity index (χ3n) is 6.06. The average Bonchev–Trinajstić information content (AvgIpc) is 3.21. The quantitative estimate of drug-likeness (QED) is 0.741. The molecule has 0 aliphatic carbocycles. The normalized spacial score (nSPS) is 19.9. The molecule has 3 heterocycles. The second-order valence-electron chi connectivity index (χ2n) is 7.70. The lowest BCUT2D eigenvalue weighted by Crippen LogP contribution is -2.47. The van der Waals surface area contributed by atoms with Gasteiger partial charge in [0, 0.05) is 36.5 Å². The van der Waals surface area contributed by atoms with E-state index >= 15 is 0 Å². The van der Waals surface area contributed by atoms with E-state index in [9.17, 15) is 18.4 Å². The molecule has 4 rings (SSSR count). The molecule has 2 aliphatic rings. The molecule has 1 aromatic heterocycles. The molecule has 154 valence electrons. The summed E-state index contributed by atoms with van der Waals surface area (Å²) in [5.74, 6) is -1.95. The number of carbonyl (C=O) groups excluding carboxylic acids is 2. The van der Waals surface area contributed by atoms with Crippen molar-refractivity contribution in [3.8, 4) is 0 Å². The third-order valence-corrected chi connectivity index (χ3v) is 7.05. The van der Waals surface area contributed by atoms with Crippen molar-refractivity contribution in [3.05, 3.63) is 57.3 Å². The first-order valence-corrected chi connectivity index (χ1v) is 11.0. The van der Waals surface area contributed by atoms with E-state index in [1.807, 2.05) is 4.90 Å². The van der Waals surface area contributed by atoms with E-state index in [1.165, 1.54) is 16.5 Å². The van der Waals surface area contributed by atoms with Gasteiger partial charge in [0.15, 0.2) is 0 Å². The summed E-state index contributed by atoms with van der Waals surface area (Å²) in [6.45, 7) is 3.65. The number of rotatable bonds is 3. The summed E-state index contributed by atoms with van der Waals surface area (Å²) in [4.78, 5) is 30.8. The van der Waals surface area contributed by atoms with Crippen LogP contribution >= 0.6 is 11.3 Å². The summed E-state index contributed by atoms with van der Waals surface area (Å²) >= 11 is 1.76. The number of likely N-dealkylation sites (tertiary alicyclic amines) is 1. The van der Waals surface area contributed by atoms with Crippen molar-refractivity contribution >= 4 is 23.2 Å². The van der Waals surface area contributed by atoms with Gasteiger partial charge in [0.2, 0.25) is 5.91 Å². The molecule has 1 saturated heterocycles. The monoisotopic (exact) mass is 418 g/mol. The van der Waals surface area contributed by atoms with E-state index in [4.69, 9.17) is 0 Å². The molecule has 0 radical (unpaired) electrons. The first-order chi connectivity index (χ1) is 14.0. The van der Waals surface area contributed by atoms with E-state index < -0.39 is 17.5 Å². The second kappa shape index (κ2) is 8.22. The number of fused-ring (bicyclic) bond motifs is 1. The van der Waals surface area contributed by atoms with Gasteiger partial charge in [-0.15, -0.1) is 11.3 Å². The third kappa shape index (κ3) is 3.80. The zero-order valence-corrected chi connectivity index (χ0v) is 17.2. The van der Waals surface area contributed by atoms with Crippen LogP contribution in [0.15, 0.2) is 29.6 Å². The SMILES string of the molecule is CCC1c2ccsc2CCN1C(=O)C1CCN(C(=O)c2ccc(F)cc2F)CC1. The summed E-state index contributed by atoms with van der Waals surface area (Å²) in [7, 11) is 0. The largest absolute Gasteiger partial charge is 0.339 e. The Morgan fingerprint density at radius 3 is 2.59 bits per heavy atom. The molecule has 2 aromatic rings. The molecule has 1 unspecified atom stereocenters. The van der Waals surface area contributed by atoms with Gasteiger partial charge in [-0.2, -0.15) is 0 Å². The van der Waals surface area contributed by atoms with Crippen molar-refractivity contribution < 1.29 is 18.4 Å². The maximum Gasteiger partial charge on any atom is 0.256 e. The van der Waals surface area contributed by atoms with Gasteiger partial charge in [-0.05, 0) is 54.8 Å². The van der Waals surface area contributed by atoms with E-state index in [1.54, 1.807) is 16.2 Å². The van der Waals surface area contributed by atoms with Gasteiger partial charge in [0.1, 0.15) is 11.6 Å². The molecule has 0 bridgehead atoms. The Kier molecular flexibility index (Phi) is 5.67. The summed E-state index contributed by atoms with van der Waals surface area (Å²) in [5, 5.41) is 2.10. The maximum absolute atomic E-state index is 13.9. The number of hydrogen-bond donors (Lipinski definition) is 0. The highest BCUT2D eigenvalue weighted by Crippen LogP contribution is 2.37. The Balaban J connectivity index is 1.40. The molecule has 2 amide bonds. The molecule has 1 aromatic carbocycles. The van der Waals surface area contributed by atoms with E-state index in [-0.39, 0.29) is 23.4 Å². The Labute approximate surface area is 173 Å². The van der Waals surface area contributed by atoms with E-state index in [0.29, 0.717) is 25.9 Å². The highest BCUT2D eigenvalue weighted by molar-refractivity contribution is 7.10. The highest BCUT2D eigenvalue weighted by atomic mass is 32.1. The number of carbonyl (C=O) groups is 2. The zero-order valence-electron chi connectivity index (χ0n) is 16.4. The standard InChI is InChI=1S/C22H24F2N2O2S/c1-2-19-17-8-12-29-20(17)7-11-26(19)21(27)14-5-9-25(10-6-14)22(28)16-4-3-15(23)13-18(16)24/h3-4,8,12-14,19H,2,5-7,9-11H2,1H3. The van der Waals surface area contributed by atoms with Crippen LogP contribution in [0.3, 0.4) is 0 Å². The van der Waals surface area contributed by atoms with E-state index in [2.05, 4.69) is 18.4 Å². The maximum atomic E-state index is 13.9. The molecule has 2 aliphatic heterocycles. The van der Waals surface area contributed by atoms with Crippen LogP contribution < -0.4 is 0 Å². The molecule has 7 heteroatoms. The highest BCUT2D eigenvalue weighted by Gasteiger charge is 2.36. The summed E-state index contributed by atoms with van der Waals surface area (Å²) in [6, 6.07) is 5.26. The van der Waals surface area contributed by atoms with Gasteiger partial charge in [-0.3, -0.25) is 9.59 Å². The molecule has 0 spiro atoms. The van der Waals surface area contributed by atoms with E-state index in [0.717, 1.165) is 31.5 Å². The minimum atomic E-state index is -0.848. The average molecular weight is 419 g/mol. The van der Waals surface area contributed by atoms with Gasteiger partial charge in [-0.1, -0.05) is 6.92 Å². The van der Waals surface area contributed by atoms with Crippen molar-refractivity contribution in [3.63, 3.8) is 0 Å². The van der Waals surface area contributed by atoms with Gasteiger partial charge in [0.05, 0.1) is 11.6 Å². The number of nitrogens with zero attached hydrogens (tertiary/aromatic N) is 2. The number of amides is 2. The fraction of sp³-hybridized carbons (Fsp3) is 0.455. The molecule has 1 fully saturated rings. The van der Waals surface area contributed by atoms with Crippen molar-refractivity contribution in [2.45, 2.75) is 38.6 Å². The molecule has 29 heavy (non-hydrogen) atoms. The molecular formula is C22H24F2N2O2S. The van der Waals surface area contributed by atoms with Gasteiger partial charge >= 0.3 is 0 Å². The van der Waals surface area contributed by atoms with Crippen LogP contribution in [-0.2, 0) is 11.2 Å². The Bertz CT molecular complexity index is 921. The fourth-order valence-corrected chi connectivity index (χ4v) is 5.43. The molecular weight excluding hydrogens is 394 g/mol. The van der Waals surface area contributed by atoms with Crippen molar-refractivity contribution in [1.29, 1.82) is 0 Å². The lowest BCUT2D eigenvalue weighted by Gasteiger charge is -2.40.